The molecule has 1 saturated heterocycles. The number of nitrogens with one attached hydrogen (secondary N) is 1. The maximum Gasteiger partial charge on any atom is 0.246 e. The third-order valence-corrected chi connectivity index (χ3v) is 7.58. The average Bonchev–Trinajstić information content (AvgIpc) is 2.74. The highest BCUT2D eigenvalue weighted by atomic mass is 35.5. The molecule has 30 heavy (non-hydrogen) atoms. The second-order valence-electron chi connectivity index (χ2n) is 6.55. The van der Waals surface area contributed by atoms with Crippen molar-refractivity contribution in [3.05, 3.63) is 53.1 Å². The molecule has 1 N–H and O–H groups in total. The lowest BCUT2D eigenvalue weighted by atomic mass is 10.2. The van der Waals surface area contributed by atoms with Gasteiger partial charge in [0, 0.05) is 29.6 Å². The molecule has 0 bridgehead atoms. The highest BCUT2D eigenvalue weighted by Crippen LogP contribution is 2.30. The first-order chi connectivity index (χ1) is 14.4. The van der Waals surface area contributed by atoms with Crippen molar-refractivity contribution in [2.24, 2.45) is 0 Å². The van der Waals surface area contributed by atoms with Crippen LogP contribution in [0.4, 0.5) is 5.69 Å². The van der Waals surface area contributed by atoms with E-state index in [9.17, 15) is 13.2 Å². The molecule has 0 unspecified atom stereocenters. The molecule has 2 aromatic carbocycles. The molecule has 1 fully saturated rings. The number of ether oxygens (including phenoxy) is 2. The van der Waals surface area contributed by atoms with Crippen molar-refractivity contribution in [1.29, 1.82) is 0 Å². The molecule has 0 saturated carbocycles. The van der Waals surface area contributed by atoms with E-state index in [4.69, 9.17) is 21.1 Å². The lowest BCUT2D eigenvalue weighted by Gasteiger charge is -2.26. The van der Waals surface area contributed by atoms with Gasteiger partial charge in [-0.25, -0.2) is 8.42 Å². The third-order valence-electron chi connectivity index (χ3n) is 4.43. The van der Waals surface area contributed by atoms with E-state index in [1.165, 1.54) is 29.2 Å². The number of nitrogens with zero attached hydrogens (tertiary/aromatic N) is 1. The Labute approximate surface area is 185 Å². The zero-order chi connectivity index (χ0) is 21.6. The van der Waals surface area contributed by atoms with Gasteiger partial charge in [-0.05, 0) is 35.9 Å². The Morgan fingerprint density at radius 3 is 2.70 bits per heavy atom. The fourth-order valence-electron chi connectivity index (χ4n) is 2.97. The molecule has 0 radical (unpaired) electrons. The van der Waals surface area contributed by atoms with Crippen molar-refractivity contribution in [1.82, 2.24) is 4.31 Å². The van der Waals surface area contributed by atoms with E-state index in [-0.39, 0.29) is 35.4 Å². The molecule has 1 heterocycles. The average molecular weight is 471 g/mol. The highest BCUT2D eigenvalue weighted by molar-refractivity contribution is 7.99. The summed E-state index contributed by atoms with van der Waals surface area (Å²) in [5.41, 5.74) is 1.43. The number of thioether (sulfide) groups is 1. The number of hydrogen-bond acceptors (Lipinski definition) is 6. The normalized spacial score (nSPS) is 15.0. The SMILES string of the molecule is COc1ccc(NC(=O)CSCc2cccc(Cl)c2)cc1S(=O)(=O)N1CCOCC1. The fourth-order valence-corrected chi connectivity index (χ4v) is 5.54. The highest BCUT2D eigenvalue weighted by Gasteiger charge is 2.29. The van der Waals surface area contributed by atoms with E-state index in [1.807, 2.05) is 18.2 Å². The summed E-state index contributed by atoms with van der Waals surface area (Å²) in [6.45, 7) is 1.26. The summed E-state index contributed by atoms with van der Waals surface area (Å²) in [4.78, 5) is 12.3. The first-order valence-electron chi connectivity index (χ1n) is 9.28. The molecule has 1 aliphatic rings. The van der Waals surface area contributed by atoms with Crippen molar-refractivity contribution in [3.8, 4) is 5.75 Å². The standard InChI is InChI=1S/C20H23ClN2O5S2/c1-27-18-6-5-17(12-19(18)30(25,26)23-7-9-28-10-8-23)22-20(24)14-29-13-15-3-2-4-16(21)11-15/h2-6,11-12H,7-10,13-14H2,1H3,(H,22,24). The van der Waals surface area contributed by atoms with Crippen LogP contribution in [0.5, 0.6) is 5.75 Å². The van der Waals surface area contributed by atoms with Gasteiger partial charge in [-0.1, -0.05) is 23.7 Å². The smallest absolute Gasteiger partial charge is 0.246 e. The molecule has 0 aromatic heterocycles. The number of sulfonamides is 1. The maximum absolute atomic E-state index is 13.0. The van der Waals surface area contributed by atoms with E-state index in [1.54, 1.807) is 18.2 Å². The zero-order valence-corrected chi connectivity index (χ0v) is 18.9. The first kappa shape index (κ1) is 22.9. The predicted molar refractivity (Wildman–Crippen MR) is 119 cm³/mol. The second-order valence-corrected chi connectivity index (χ2v) is 9.88. The molecule has 1 aliphatic heterocycles. The van der Waals surface area contributed by atoms with Crippen molar-refractivity contribution < 1.29 is 22.7 Å². The Morgan fingerprint density at radius 1 is 1.23 bits per heavy atom. The number of amides is 1. The van der Waals surface area contributed by atoms with Crippen molar-refractivity contribution in [3.63, 3.8) is 0 Å². The van der Waals surface area contributed by atoms with Gasteiger partial charge in [0.2, 0.25) is 15.9 Å². The second kappa shape index (κ2) is 10.5. The van der Waals surface area contributed by atoms with Crippen molar-refractivity contribution in [2.75, 3.05) is 44.5 Å². The summed E-state index contributed by atoms with van der Waals surface area (Å²) in [6, 6.07) is 12.1. The van der Waals surface area contributed by atoms with Gasteiger partial charge < -0.3 is 14.8 Å². The van der Waals surface area contributed by atoms with Gasteiger partial charge in [0.05, 0.1) is 26.1 Å². The Balaban J connectivity index is 1.66. The Morgan fingerprint density at radius 2 is 2.00 bits per heavy atom. The van der Waals surface area contributed by atoms with Gasteiger partial charge in [0.15, 0.2) is 0 Å². The first-order valence-corrected chi connectivity index (χ1v) is 12.3. The van der Waals surface area contributed by atoms with Crippen LogP contribution in [0.1, 0.15) is 5.56 Å². The summed E-state index contributed by atoms with van der Waals surface area (Å²) >= 11 is 7.41. The molecule has 10 heteroatoms. The van der Waals surface area contributed by atoms with Crippen LogP contribution in [0.2, 0.25) is 5.02 Å². The summed E-state index contributed by atoms with van der Waals surface area (Å²) in [6.07, 6.45) is 0. The van der Waals surface area contributed by atoms with Crippen LogP contribution in [0.25, 0.3) is 0 Å². The molecule has 0 atom stereocenters. The van der Waals surface area contributed by atoms with Crippen LogP contribution in [0.3, 0.4) is 0 Å². The lowest BCUT2D eigenvalue weighted by Crippen LogP contribution is -2.40. The maximum atomic E-state index is 13.0. The van der Waals surface area contributed by atoms with Gasteiger partial charge in [-0.3, -0.25) is 4.79 Å². The molecule has 0 spiro atoms. The Kier molecular flexibility index (Phi) is 8.01. The molecule has 7 nitrogen and oxygen atoms in total. The van der Waals surface area contributed by atoms with Crippen LogP contribution in [0, 0.1) is 0 Å². The molecular formula is C20H23ClN2O5S2. The van der Waals surface area contributed by atoms with E-state index in [2.05, 4.69) is 5.32 Å². The summed E-state index contributed by atoms with van der Waals surface area (Å²) in [5, 5.41) is 3.41. The quantitative estimate of drug-likeness (QED) is 0.637. The van der Waals surface area contributed by atoms with Gasteiger partial charge >= 0.3 is 0 Å². The van der Waals surface area contributed by atoms with Crippen LogP contribution in [-0.4, -0.2) is 57.8 Å². The van der Waals surface area contributed by atoms with Gasteiger partial charge in [-0.2, -0.15) is 4.31 Å². The number of carbonyl (C=O) groups excluding carboxylic acids is 1. The fraction of sp³-hybridized carbons (Fsp3) is 0.350. The Bertz CT molecular complexity index is 994. The number of rotatable bonds is 8. The number of morpholine rings is 1. The van der Waals surface area contributed by atoms with Crippen LogP contribution in [0.15, 0.2) is 47.4 Å². The Hall–Kier alpha value is -1.78. The largest absolute Gasteiger partial charge is 0.495 e. The molecule has 0 aliphatic carbocycles. The topological polar surface area (TPSA) is 84.9 Å². The predicted octanol–water partition coefficient (Wildman–Crippen LogP) is 3.24. The molecule has 3 rings (SSSR count). The number of benzene rings is 2. The van der Waals surface area contributed by atoms with Crippen molar-refractivity contribution in [2.45, 2.75) is 10.6 Å². The van der Waals surface area contributed by atoms with Crippen LogP contribution >= 0.6 is 23.4 Å². The minimum atomic E-state index is -3.76. The summed E-state index contributed by atoms with van der Waals surface area (Å²) < 4.78 is 37.9. The van der Waals surface area contributed by atoms with Crippen LogP contribution in [-0.2, 0) is 25.3 Å². The molecule has 1 amide bonds. The number of halogens is 1. The molecular weight excluding hydrogens is 448 g/mol. The number of methoxy groups -OCH3 is 1. The minimum absolute atomic E-state index is 0.0243. The van der Waals surface area contributed by atoms with Gasteiger partial charge in [-0.15, -0.1) is 11.8 Å². The van der Waals surface area contributed by atoms with E-state index in [0.717, 1.165) is 5.56 Å². The summed E-state index contributed by atoms with van der Waals surface area (Å²) in [7, 11) is -2.35. The lowest BCUT2D eigenvalue weighted by molar-refractivity contribution is -0.113. The van der Waals surface area contributed by atoms with E-state index in [0.29, 0.717) is 29.7 Å². The summed E-state index contributed by atoms with van der Waals surface area (Å²) in [5.74, 6) is 0.883. The number of anilines is 1. The minimum Gasteiger partial charge on any atom is -0.495 e. The van der Waals surface area contributed by atoms with Gasteiger partial charge in [0.25, 0.3) is 0 Å². The zero-order valence-electron chi connectivity index (χ0n) is 16.5. The molecule has 2 aromatic rings. The number of hydrogen-bond donors (Lipinski definition) is 1. The van der Waals surface area contributed by atoms with E-state index < -0.39 is 10.0 Å². The van der Waals surface area contributed by atoms with Crippen molar-refractivity contribution >= 4 is 45.0 Å². The van der Waals surface area contributed by atoms with E-state index >= 15 is 0 Å². The van der Waals surface area contributed by atoms with Gasteiger partial charge in [0.1, 0.15) is 10.6 Å². The third kappa shape index (κ3) is 5.89. The molecule has 162 valence electrons. The monoisotopic (exact) mass is 470 g/mol. The van der Waals surface area contributed by atoms with Crippen LogP contribution < -0.4 is 10.1 Å². The number of carbonyl (C=O) groups is 1.